The second-order valence-electron chi connectivity index (χ2n) is 6.85. The van der Waals surface area contributed by atoms with Gasteiger partial charge in [0.25, 0.3) is 5.91 Å². The van der Waals surface area contributed by atoms with Crippen molar-refractivity contribution in [2.45, 2.75) is 47.3 Å². The lowest BCUT2D eigenvalue weighted by atomic mass is 10.1. The van der Waals surface area contributed by atoms with Gasteiger partial charge in [-0.05, 0) is 65.0 Å². The predicted molar refractivity (Wildman–Crippen MR) is 110 cm³/mol. The van der Waals surface area contributed by atoms with Gasteiger partial charge in [-0.3, -0.25) is 14.4 Å². The molecule has 1 aromatic carbocycles. The van der Waals surface area contributed by atoms with Crippen LogP contribution in [0.15, 0.2) is 30.3 Å². The van der Waals surface area contributed by atoms with Gasteiger partial charge in [-0.15, -0.1) is 0 Å². The molecule has 0 fully saturated rings. The van der Waals surface area contributed by atoms with Gasteiger partial charge < -0.3 is 19.4 Å². The van der Waals surface area contributed by atoms with E-state index in [2.05, 4.69) is 5.32 Å². The number of ether oxygens (including phenoxy) is 2. The molecular formula is C22H26N2O6. The molecule has 30 heavy (non-hydrogen) atoms. The number of esters is 2. The van der Waals surface area contributed by atoms with Crippen LogP contribution >= 0.6 is 0 Å². The first-order valence-corrected chi connectivity index (χ1v) is 9.59. The number of ketones is 1. The molecule has 2 aromatic rings. The number of hydrogen-bond donors (Lipinski definition) is 1. The Balaban J connectivity index is 1.98. The third kappa shape index (κ3) is 5.56. The number of rotatable bonds is 8. The molecular weight excluding hydrogens is 388 g/mol. The Morgan fingerprint density at radius 3 is 2.30 bits per heavy atom. The Bertz CT molecular complexity index is 959. The minimum absolute atomic E-state index is 0.0723. The molecule has 8 nitrogen and oxygen atoms in total. The van der Waals surface area contributed by atoms with Crippen LogP contribution in [0.25, 0.3) is 0 Å². The zero-order chi connectivity index (χ0) is 22.4. The van der Waals surface area contributed by atoms with Crippen LogP contribution in [0, 0.1) is 13.8 Å². The van der Waals surface area contributed by atoms with Gasteiger partial charge in [0.1, 0.15) is 6.54 Å². The molecule has 2 rings (SSSR count). The lowest BCUT2D eigenvalue weighted by Crippen LogP contribution is -2.31. The maximum Gasteiger partial charge on any atom is 0.339 e. The van der Waals surface area contributed by atoms with Crippen LogP contribution in [0.1, 0.15) is 52.9 Å². The maximum absolute atomic E-state index is 12.3. The second-order valence-corrected chi connectivity index (χ2v) is 6.85. The molecule has 1 amide bonds. The van der Waals surface area contributed by atoms with E-state index in [9.17, 15) is 19.2 Å². The highest BCUT2D eigenvalue weighted by Crippen LogP contribution is 2.17. The molecule has 0 unspecified atom stereocenters. The number of nitrogens with zero attached hydrogens (tertiary/aromatic N) is 1. The SMILES string of the molecule is CCOC(=O)c1cc(C)n(CC(=O)O[C@H](C)C(=O)Nc2ccc(C(C)=O)cc2)c1C. The standard InChI is InChI=1S/C22H26N2O6/c1-6-29-22(28)19-11-13(2)24(14(19)3)12-20(26)30-16(5)21(27)23-18-9-7-17(8-10-18)15(4)25/h7-11,16H,6,12H2,1-5H3,(H,23,27)/t16-/m1/s1. The van der Waals surface area contributed by atoms with E-state index in [1.54, 1.807) is 55.7 Å². The molecule has 1 atom stereocenters. The van der Waals surface area contributed by atoms with Crippen LogP contribution in [0.3, 0.4) is 0 Å². The minimum atomic E-state index is -1.02. The smallest absolute Gasteiger partial charge is 0.339 e. The Hall–Kier alpha value is -3.42. The van der Waals surface area contributed by atoms with Gasteiger partial charge in [-0.25, -0.2) is 4.79 Å². The summed E-state index contributed by atoms with van der Waals surface area (Å²) in [6.45, 7) is 8.25. The van der Waals surface area contributed by atoms with Gasteiger partial charge in [0.05, 0.1) is 12.2 Å². The molecule has 160 valence electrons. The van der Waals surface area contributed by atoms with Crippen LogP contribution in [0.4, 0.5) is 5.69 Å². The van der Waals surface area contributed by atoms with Crippen molar-refractivity contribution in [2.75, 3.05) is 11.9 Å². The molecule has 8 heteroatoms. The number of benzene rings is 1. The first kappa shape index (κ1) is 22.9. The summed E-state index contributed by atoms with van der Waals surface area (Å²) < 4.78 is 11.9. The third-order valence-corrected chi connectivity index (χ3v) is 4.59. The molecule has 0 saturated heterocycles. The van der Waals surface area contributed by atoms with E-state index in [0.29, 0.717) is 28.2 Å². The van der Waals surface area contributed by atoms with Crippen molar-refractivity contribution in [1.82, 2.24) is 4.57 Å². The Morgan fingerprint density at radius 1 is 1.10 bits per heavy atom. The molecule has 0 bridgehead atoms. The molecule has 0 saturated carbocycles. The summed E-state index contributed by atoms with van der Waals surface area (Å²) in [7, 11) is 0. The Kier molecular flexibility index (Phi) is 7.52. The molecule has 0 radical (unpaired) electrons. The number of amides is 1. The first-order valence-electron chi connectivity index (χ1n) is 9.59. The molecule has 1 N–H and O–H groups in total. The van der Waals surface area contributed by atoms with E-state index in [1.165, 1.54) is 13.8 Å². The minimum Gasteiger partial charge on any atom is -0.462 e. The van der Waals surface area contributed by atoms with Crippen LogP contribution in [0.5, 0.6) is 0 Å². The van der Waals surface area contributed by atoms with E-state index in [-0.39, 0.29) is 18.9 Å². The summed E-state index contributed by atoms with van der Waals surface area (Å²) in [6.07, 6.45) is -1.02. The van der Waals surface area contributed by atoms with Crippen molar-refractivity contribution < 1.29 is 28.7 Å². The van der Waals surface area contributed by atoms with E-state index >= 15 is 0 Å². The fraction of sp³-hybridized carbons (Fsp3) is 0.364. The number of nitrogens with one attached hydrogen (secondary N) is 1. The summed E-state index contributed by atoms with van der Waals surface area (Å²) in [5, 5.41) is 2.64. The monoisotopic (exact) mass is 414 g/mol. The van der Waals surface area contributed by atoms with E-state index in [4.69, 9.17) is 9.47 Å². The van der Waals surface area contributed by atoms with Crippen molar-refractivity contribution in [3.05, 3.63) is 52.8 Å². The number of carbonyl (C=O) groups excluding carboxylic acids is 4. The van der Waals surface area contributed by atoms with Gasteiger partial charge in [0, 0.05) is 22.6 Å². The van der Waals surface area contributed by atoms with Gasteiger partial charge in [0.2, 0.25) is 0 Å². The van der Waals surface area contributed by atoms with E-state index < -0.39 is 23.9 Å². The number of anilines is 1. The highest BCUT2D eigenvalue weighted by Gasteiger charge is 2.22. The molecule has 0 aliphatic heterocycles. The second kappa shape index (κ2) is 9.87. The fourth-order valence-corrected chi connectivity index (χ4v) is 2.91. The summed E-state index contributed by atoms with van der Waals surface area (Å²) in [6, 6.07) is 8.07. The summed E-state index contributed by atoms with van der Waals surface area (Å²) in [5.74, 6) is -1.63. The van der Waals surface area contributed by atoms with Crippen LogP contribution in [0.2, 0.25) is 0 Å². The zero-order valence-electron chi connectivity index (χ0n) is 17.8. The number of aryl methyl sites for hydroxylation is 1. The lowest BCUT2D eigenvalue weighted by molar-refractivity contribution is -0.153. The molecule has 0 aliphatic carbocycles. The topological polar surface area (TPSA) is 104 Å². The Labute approximate surface area is 175 Å². The molecule has 0 spiro atoms. The van der Waals surface area contributed by atoms with Gasteiger partial charge in [-0.1, -0.05) is 0 Å². The van der Waals surface area contributed by atoms with Crippen molar-refractivity contribution >= 4 is 29.3 Å². The summed E-state index contributed by atoms with van der Waals surface area (Å²) in [4.78, 5) is 47.9. The highest BCUT2D eigenvalue weighted by atomic mass is 16.5. The first-order chi connectivity index (χ1) is 14.1. The van der Waals surface area contributed by atoms with Crippen molar-refractivity contribution in [3.63, 3.8) is 0 Å². The summed E-state index contributed by atoms with van der Waals surface area (Å²) >= 11 is 0. The third-order valence-electron chi connectivity index (χ3n) is 4.59. The van der Waals surface area contributed by atoms with Crippen LogP contribution in [-0.4, -0.2) is 40.9 Å². The quantitative estimate of drug-likeness (QED) is 0.526. The van der Waals surface area contributed by atoms with Crippen LogP contribution in [-0.2, 0) is 25.6 Å². The summed E-state index contributed by atoms with van der Waals surface area (Å²) in [5.41, 5.74) is 2.71. The van der Waals surface area contributed by atoms with Crippen molar-refractivity contribution in [3.8, 4) is 0 Å². The number of Topliss-reactive ketones (excluding diaryl/α,β-unsaturated/α-hetero) is 1. The maximum atomic E-state index is 12.3. The number of carbonyl (C=O) groups is 4. The fourth-order valence-electron chi connectivity index (χ4n) is 2.91. The predicted octanol–water partition coefficient (Wildman–Crippen LogP) is 3.05. The highest BCUT2D eigenvalue weighted by molar-refractivity contribution is 5.97. The zero-order valence-corrected chi connectivity index (χ0v) is 17.8. The average molecular weight is 414 g/mol. The molecule has 0 aliphatic rings. The van der Waals surface area contributed by atoms with Gasteiger partial charge in [0.15, 0.2) is 11.9 Å². The Morgan fingerprint density at radius 2 is 1.73 bits per heavy atom. The number of hydrogen-bond acceptors (Lipinski definition) is 6. The average Bonchev–Trinajstić information content (AvgIpc) is 2.96. The largest absolute Gasteiger partial charge is 0.462 e. The number of aromatic nitrogens is 1. The van der Waals surface area contributed by atoms with Crippen LogP contribution < -0.4 is 5.32 Å². The molecule has 1 aromatic heterocycles. The molecule has 1 heterocycles. The van der Waals surface area contributed by atoms with E-state index in [1.807, 2.05) is 0 Å². The van der Waals surface area contributed by atoms with Crippen molar-refractivity contribution in [2.24, 2.45) is 0 Å². The van der Waals surface area contributed by atoms with E-state index in [0.717, 1.165) is 0 Å². The van der Waals surface area contributed by atoms with Crippen molar-refractivity contribution in [1.29, 1.82) is 0 Å². The normalized spacial score (nSPS) is 11.5. The van der Waals surface area contributed by atoms with Gasteiger partial charge >= 0.3 is 11.9 Å². The lowest BCUT2D eigenvalue weighted by Gasteiger charge is -2.15. The van der Waals surface area contributed by atoms with Gasteiger partial charge in [-0.2, -0.15) is 0 Å².